The summed E-state index contributed by atoms with van der Waals surface area (Å²) in [5.74, 6) is -4.24. The van der Waals surface area contributed by atoms with Gasteiger partial charge < -0.3 is 5.11 Å². The Kier molecular flexibility index (Phi) is 3.34. The van der Waals surface area contributed by atoms with Crippen molar-refractivity contribution >= 4 is 0 Å². The van der Waals surface area contributed by atoms with Gasteiger partial charge in [-0.25, -0.2) is 13.2 Å². The van der Waals surface area contributed by atoms with Crippen molar-refractivity contribution < 1.29 is 18.3 Å². The van der Waals surface area contributed by atoms with Crippen LogP contribution in [0.3, 0.4) is 0 Å². The lowest BCUT2D eigenvalue weighted by molar-refractivity contribution is 0.211. The molecule has 2 rings (SSSR count). The molecule has 0 bridgehead atoms. The van der Waals surface area contributed by atoms with Crippen molar-refractivity contribution in [1.29, 1.82) is 0 Å². The van der Waals surface area contributed by atoms with Crippen molar-refractivity contribution in [3.8, 4) is 0 Å². The summed E-state index contributed by atoms with van der Waals surface area (Å²) in [7, 11) is 0. The van der Waals surface area contributed by atoms with Gasteiger partial charge in [-0.15, -0.1) is 0 Å². The molecule has 94 valence electrons. The van der Waals surface area contributed by atoms with Gasteiger partial charge in [-0.05, 0) is 30.2 Å². The van der Waals surface area contributed by atoms with E-state index in [1.54, 1.807) is 6.92 Å². The molecule has 1 unspecified atom stereocenters. The molecule has 0 aliphatic carbocycles. The van der Waals surface area contributed by atoms with Crippen LogP contribution in [0.5, 0.6) is 0 Å². The Labute approximate surface area is 102 Å². The number of hydrogen-bond donors (Lipinski definition) is 1. The second kappa shape index (κ2) is 4.78. The van der Waals surface area contributed by atoms with Crippen LogP contribution in [0, 0.1) is 24.4 Å². The van der Waals surface area contributed by atoms with Crippen LogP contribution in [0.1, 0.15) is 22.8 Å². The van der Waals surface area contributed by atoms with Crippen molar-refractivity contribution in [2.24, 2.45) is 0 Å². The highest BCUT2D eigenvalue weighted by Crippen LogP contribution is 2.28. The minimum absolute atomic E-state index is 0.303. The van der Waals surface area contributed by atoms with E-state index in [2.05, 4.69) is 4.98 Å². The molecule has 1 aromatic heterocycles. The quantitative estimate of drug-likeness (QED) is 0.835. The number of nitrogens with zero attached hydrogens (tertiary/aromatic N) is 1. The van der Waals surface area contributed by atoms with Crippen molar-refractivity contribution in [2.75, 3.05) is 0 Å². The molecule has 0 amide bonds. The highest BCUT2D eigenvalue weighted by Gasteiger charge is 2.21. The highest BCUT2D eigenvalue weighted by atomic mass is 19.2. The van der Waals surface area contributed by atoms with Gasteiger partial charge in [-0.2, -0.15) is 0 Å². The number of benzene rings is 1. The van der Waals surface area contributed by atoms with Gasteiger partial charge in [0.25, 0.3) is 0 Å². The van der Waals surface area contributed by atoms with Crippen LogP contribution in [0.25, 0.3) is 0 Å². The van der Waals surface area contributed by atoms with E-state index in [9.17, 15) is 18.3 Å². The third-order valence-electron chi connectivity index (χ3n) is 2.72. The van der Waals surface area contributed by atoms with Crippen molar-refractivity contribution in [3.05, 3.63) is 64.7 Å². The van der Waals surface area contributed by atoms with Crippen molar-refractivity contribution in [3.63, 3.8) is 0 Å². The van der Waals surface area contributed by atoms with Gasteiger partial charge in [0.15, 0.2) is 17.5 Å². The van der Waals surface area contributed by atoms with Crippen LogP contribution in [0.4, 0.5) is 13.2 Å². The number of aryl methyl sites for hydroxylation is 1. The van der Waals surface area contributed by atoms with Gasteiger partial charge in [-0.3, -0.25) is 4.98 Å². The molecule has 1 atom stereocenters. The van der Waals surface area contributed by atoms with Gasteiger partial charge in [0.1, 0.15) is 6.10 Å². The molecule has 5 heteroatoms. The first-order valence-corrected chi connectivity index (χ1v) is 5.24. The maximum atomic E-state index is 13.5. The Morgan fingerprint density at radius 1 is 1.06 bits per heavy atom. The zero-order valence-corrected chi connectivity index (χ0v) is 9.49. The Morgan fingerprint density at radius 3 is 2.44 bits per heavy atom. The Hall–Kier alpha value is -1.88. The van der Waals surface area contributed by atoms with E-state index < -0.39 is 23.6 Å². The van der Waals surface area contributed by atoms with Crippen molar-refractivity contribution in [1.82, 2.24) is 4.98 Å². The Bertz CT molecular complexity index is 586. The third kappa shape index (κ3) is 2.09. The first kappa shape index (κ1) is 12.6. The number of aliphatic hydroxyl groups excluding tert-OH is 1. The first-order valence-electron chi connectivity index (χ1n) is 5.24. The van der Waals surface area contributed by atoms with Crippen molar-refractivity contribution in [2.45, 2.75) is 13.0 Å². The second-order valence-corrected chi connectivity index (χ2v) is 3.90. The SMILES string of the molecule is Cc1cnccc1C(O)c1ccc(F)c(F)c1F. The predicted octanol–water partition coefficient (Wildman–Crippen LogP) is 2.89. The van der Waals surface area contributed by atoms with Gasteiger partial charge in [0.2, 0.25) is 0 Å². The molecule has 0 aliphatic rings. The molecule has 0 fully saturated rings. The monoisotopic (exact) mass is 253 g/mol. The zero-order chi connectivity index (χ0) is 13.3. The number of hydrogen-bond acceptors (Lipinski definition) is 2. The molecule has 0 spiro atoms. The molecule has 0 radical (unpaired) electrons. The number of rotatable bonds is 2. The minimum atomic E-state index is -1.58. The number of halogens is 3. The van der Waals surface area contributed by atoms with E-state index in [1.807, 2.05) is 0 Å². The smallest absolute Gasteiger partial charge is 0.194 e. The summed E-state index contributed by atoms with van der Waals surface area (Å²) < 4.78 is 39.4. The van der Waals surface area contributed by atoms with Crippen LogP contribution in [0.2, 0.25) is 0 Å². The standard InChI is InChI=1S/C13H10F3NO/c1-7-6-17-5-4-8(7)13(18)9-2-3-10(14)12(16)11(9)15/h2-6,13,18H,1H3. The summed E-state index contributed by atoms with van der Waals surface area (Å²) in [6, 6.07) is 3.31. The fourth-order valence-corrected chi connectivity index (χ4v) is 1.71. The molecule has 0 saturated carbocycles. The third-order valence-corrected chi connectivity index (χ3v) is 2.72. The number of aromatic nitrogens is 1. The van der Waals surface area contributed by atoms with E-state index in [1.165, 1.54) is 18.5 Å². The second-order valence-electron chi connectivity index (χ2n) is 3.90. The van der Waals surface area contributed by atoms with Gasteiger partial charge in [0, 0.05) is 18.0 Å². The fraction of sp³-hybridized carbons (Fsp3) is 0.154. The summed E-state index contributed by atoms with van der Waals surface area (Å²) in [6.07, 6.45) is 1.57. The molecular weight excluding hydrogens is 243 g/mol. The molecular formula is C13H10F3NO. The average molecular weight is 253 g/mol. The number of aliphatic hydroxyl groups is 1. The summed E-state index contributed by atoms with van der Waals surface area (Å²) in [5.41, 5.74) is 0.729. The average Bonchev–Trinajstić information content (AvgIpc) is 2.36. The summed E-state index contributed by atoms with van der Waals surface area (Å²) in [5, 5.41) is 10.0. The maximum absolute atomic E-state index is 13.5. The van der Waals surface area contributed by atoms with Crippen LogP contribution >= 0.6 is 0 Å². The first-order chi connectivity index (χ1) is 8.52. The molecule has 0 saturated heterocycles. The van der Waals surface area contributed by atoms with Crippen LogP contribution in [-0.4, -0.2) is 10.1 Å². The normalized spacial score (nSPS) is 12.5. The minimum Gasteiger partial charge on any atom is -0.384 e. The molecule has 2 nitrogen and oxygen atoms in total. The molecule has 18 heavy (non-hydrogen) atoms. The molecule has 1 aromatic carbocycles. The molecule has 1 N–H and O–H groups in total. The van der Waals surface area contributed by atoms with Crippen LogP contribution < -0.4 is 0 Å². The summed E-state index contributed by atoms with van der Waals surface area (Å²) in [6.45, 7) is 1.68. The zero-order valence-electron chi connectivity index (χ0n) is 9.49. The Morgan fingerprint density at radius 2 is 1.78 bits per heavy atom. The maximum Gasteiger partial charge on any atom is 0.194 e. The van der Waals surface area contributed by atoms with Gasteiger partial charge >= 0.3 is 0 Å². The van der Waals surface area contributed by atoms with E-state index in [-0.39, 0.29) is 5.56 Å². The highest BCUT2D eigenvalue weighted by molar-refractivity contribution is 5.34. The Balaban J connectivity index is 2.50. The predicted molar refractivity (Wildman–Crippen MR) is 59.4 cm³/mol. The summed E-state index contributed by atoms with van der Waals surface area (Å²) >= 11 is 0. The van der Waals surface area contributed by atoms with E-state index >= 15 is 0 Å². The number of pyridine rings is 1. The van der Waals surface area contributed by atoms with E-state index in [0.29, 0.717) is 11.1 Å². The lowest BCUT2D eigenvalue weighted by atomic mass is 9.98. The van der Waals surface area contributed by atoms with E-state index in [0.717, 1.165) is 12.1 Å². The van der Waals surface area contributed by atoms with Gasteiger partial charge in [-0.1, -0.05) is 6.07 Å². The lowest BCUT2D eigenvalue weighted by Gasteiger charge is -2.14. The largest absolute Gasteiger partial charge is 0.384 e. The lowest BCUT2D eigenvalue weighted by Crippen LogP contribution is -2.07. The van der Waals surface area contributed by atoms with E-state index in [4.69, 9.17) is 0 Å². The topological polar surface area (TPSA) is 33.1 Å². The van der Waals surface area contributed by atoms with Crippen LogP contribution in [0.15, 0.2) is 30.6 Å². The van der Waals surface area contributed by atoms with Gasteiger partial charge in [0.05, 0.1) is 0 Å². The van der Waals surface area contributed by atoms with Crippen LogP contribution in [-0.2, 0) is 0 Å². The fourth-order valence-electron chi connectivity index (χ4n) is 1.71. The molecule has 2 aromatic rings. The molecule has 0 aliphatic heterocycles. The summed E-state index contributed by atoms with van der Waals surface area (Å²) in [4.78, 5) is 3.84. The molecule has 1 heterocycles.